The Morgan fingerprint density at radius 1 is 1.47 bits per heavy atom. The van der Waals surface area contributed by atoms with Crippen molar-refractivity contribution < 1.29 is 14.3 Å². The smallest absolute Gasteiger partial charge is 0.348 e. The zero-order chi connectivity index (χ0) is 13.0. The Kier molecular flexibility index (Phi) is 5.02. The molecule has 94 valence electrons. The standard InChI is InChI=1S/C11H15NO3S2/c1-5-15-10(14)9-6(2)8(12-7(3)13)11(16-4)17-9/h5H2,1-4H3,(H,12,13). The topological polar surface area (TPSA) is 55.4 Å². The van der Waals surface area contributed by atoms with Crippen LogP contribution in [0.5, 0.6) is 0 Å². The second-order valence-electron chi connectivity index (χ2n) is 3.32. The number of hydrogen-bond donors (Lipinski definition) is 1. The second-order valence-corrected chi connectivity index (χ2v) is 5.42. The van der Waals surface area contributed by atoms with Gasteiger partial charge in [0.25, 0.3) is 0 Å². The lowest BCUT2D eigenvalue weighted by Crippen LogP contribution is -2.08. The third-order valence-corrected chi connectivity index (χ3v) is 4.45. The first-order chi connectivity index (χ1) is 8.01. The Hall–Kier alpha value is -1.01. The van der Waals surface area contributed by atoms with Crippen LogP contribution in [-0.4, -0.2) is 24.7 Å². The first kappa shape index (κ1) is 14.1. The molecule has 0 aliphatic rings. The molecule has 1 rings (SSSR count). The van der Waals surface area contributed by atoms with Gasteiger partial charge >= 0.3 is 5.97 Å². The van der Waals surface area contributed by atoms with E-state index in [1.165, 1.54) is 30.0 Å². The Balaban J connectivity index is 3.13. The van der Waals surface area contributed by atoms with Crippen LogP contribution in [-0.2, 0) is 9.53 Å². The van der Waals surface area contributed by atoms with Gasteiger partial charge in [-0.05, 0) is 25.7 Å². The Morgan fingerprint density at radius 2 is 2.12 bits per heavy atom. The summed E-state index contributed by atoms with van der Waals surface area (Å²) in [5, 5.41) is 2.75. The Bertz CT molecular complexity index is 440. The highest BCUT2D eigenvalue weighted by Gasteiger charge is 2.21. The van der Waals surface area contributed by atoms with Gasteiger partial charge < -0.3 is 10.1 Å². The van der Waals surface area contributed by atoms with Crippen LogP contribution in [0.4, 0.5) is 5.69 Å². The minimum absolute atomic E-state index is 0.142. The van der Waals surface area contributed by atoms with Crippen molar-refractivity contribution in [3.8, 4) is 0 Å². The quantitative estimate of drug-likeness (QED) is 0.677. The zero-order valence-electron chi connectivity index (χ0n) is 10.2. The average Bonchev–Trinajstić information content (AvgIpc) is 2.56. The van der Waals surface area contributed by atoms with Crippen LogP contribution in [0, 0.1) is 6.92 Å². The van der Waals surface area contributed by atoms with Crippen LogP contribution in [0.3, 0.4) is 0 Å². The maximum Gasteiger partial charge on any atom is 0.348 e. The van der Waals surface area contributed by atoms with E-state index in [9.17, 15) is 9.59 Å². The van der Waals surface area contributed by atoms with Crippen LogP contribution >= 0.6 is 23.1 Å². The maximum absolute atomic E-state index is 11.7. The van der Waals surface area contributed by atoms with Crippen molar-refractivity contribution in [3.05, 3.63) is 10.4 Å². The van der Waals surface area contributed by atoms with E-state index in [4.69, 9.17) is 4.74 Å². The van der Waals surface area contributed by atoms with Gasteiger partial charge in [-0.1, -0.05) is 0 Å². The van der Waals surface area contributed by atoms with E-state index in [1.807, 2.05) is 13.2 Å². The number of carbonyl (C=O) groups is 2. The minimum Gasteiger partial charge on any atom is -0.462 e. The number of thiophene rings is 1. The summed E-state index contributed by atoms with van der Waals surface area (Å²) in [6.45, 7) is 5.38. The molecule has 1 amide bonds. The normalized spacial score (nSPS) is 10.1. The number of esters is 1. The molecule has 0 atom stereocenters. The molecule has 0 spiro atoms. The summed E-state index contributed by atoms with van der Waals surface area (Å²) in [4.78, 5) is 23.4. The van der Waals surface area contributed by atoms with Crippen molar-refractivity contribution in [2.75, 3.05) is 18.2 Å². The highest BCUT2D eigenvalue weighted by atomic mass is 32.2. The molecule has 0 unspecified atom stereocenters. The number of nitrogens with one attached hydrogen (secondary N) is 1. The van der Waals surface area contributed by atoms with Crippen molar-refractivity contribution in [1.29, 1.82) is 0 Å². The van der Waals surface area contributed by atoms with Crippen molar-refractivity contribution in [1.82, 2.24) is 0 Å². The van der Waals surface area contributed by atoms with Gasteiger partial charge in [0.05, 0.1) is 16.5 Å². The van der Waals surface area contributed by atoms with Crippen molar-refractivity contribution in [2.24, 2.45) is 0 Å². The van der Waals surface area contributed by atoms with E-state index >= 15 is 0 Å². The maximum atomic E-state index is 11.7. The van der Waals surface area contributed by atoms with Gasteiger partial charge in [-0.25, -0.2) is 4.79 Å². The molecule has 0 fully saturated rings. The second kappa shape index (κ2) is 6.07. The summed E-state index contributed by atoms with van der Waals surface area (Å²) >= 11 is 2.85. The number of thioether (sulfide) groups is 1. The van der Waals surface area contributed by atoms with Crippen molar-refractivity contribution in [3.63, 3.8) is 0 Å². The minimum atomic E-state index is -0.332. The van der Waals surface area contributed by atoms with E-state index in [0.29, 0.717) is 11.5 Å². The molecule has 0 aliphatic carbocycles. The number of hydrogen-bond acceptors (Lipinski definition) is 5. The zero-order valence-corrected chi connectivity index (χ0v) is 11.9. The predicted molar refractivity (Wildman–Crippen MR) is 71.1 cm³/mol. The van der Waals surface area contributed by atoms with E-state index in [-0.39, 0.29) is 11.9 Å². The lowest BCUT2D eigenvalue weighted by molar-refractivity contribution is -0.114. The largest absolute Gasteiger partial charge is 0.462 e. The van der Waals surface area contributed by atoms with Crippen LogP contribution < -0.4 is 5.32 Å². The van der Waals surface area contributed by atoms with Crippen LogP contribution in [0.15, 0.2) is 4.21 Å². The van der Waals surface area contributed by atoms with E-state index in [1.54, 1.807) is 6.92 Å². The van der Waals surface area contributed by atoms with Gasteiger partial charge in [0.2, 0.25) is 5.91 Å². The van der Waals surface area contributed by atoms with E-state index in [2.05, 4.69) is 5.32 Å². The molecular weight excluding hydrogens is 258 g/mol. The molecule has 1 aromatic rings. The molecule has 0 aromatic carbocycles. The summed E-state index contributed by atoms with van der Waals surface area (Å²) < 4.78 is 5.89. The fourth-order valence-electron chi connectivity index (χ4n) is 1.34. The summed E-state index contributed by atoms with van der Waals surface area (Å²) in [6, 6.07) is 0. The monoisotopic (exact) mass is 273 g/mol. The third kappa shape index (κ3) is 3.23. The first-order valence-electron chi connectivity index (χ1n) is 5.13. The predicted octanol–water partition coefficient (Wildman–Crippen LogP) is 2.91. The molecule has 0 saturated carbocycles. The fraction of sp³-hybridized carbons (Fsp3) is 0.455. The van der Waals surface area contributed by atoms with Crippen LogP contribution in [0.25, 0.3) is 0 Å². The summed E-state index contributed by atoms with van der Waals surface area (Å²) in [5.74, 6) is -0.474. The number of amides is 1. The van der Waals surface area contributed by atoms with E-state index < -0.39 is 0 Å². The molecule has 1 aromatic heterocycles. The molecule has 17 heavy (non-hydrogen) atoms. The Morgan fingerprint density at radius 3 is 2.59 bits per heavy atom. The molecule has 4 nitrogen and oxygen atoms in total. The lowest BCUT2D eigenvalue weighted by Gasteiger charge is -2.04. The molecule has 0 saturated heterocycles. The van der Waals surface area contributed by atoms with E-state index in [0.717, 1.165) is 15.5 Å². The molecule has 0 bridgehead atoms. The molecule has 6 heteroatoms. The van der Waals surface area contributed by atoms with Crippen molar-refractivity contribution >= 4 is 40.7 Å². The number of carbonyl (C=O) groups excluding carboxylic acids is 2. The molecular formula is C11H15NO3S2. The van der Waals surface area contributed by atoms with Gasteiger partial charge in [0.1, 0.15) is 4.88 Å². The molecule has 0 aliphatic heterocycles. The first-order valence-corrected chi connectivity index (χ1v) is 7.17. The molecule has 1 heterocycles. The number of rotatable bonds is 4. The Labute approximate surface area is 109 Å². The molecule has 0 radical (unpaired) electrons. The van der Waals surface area contributed by atoms with Crippen LogP contribution in [0.1, 0.15) is 29.1 Å². The lowest BCUT2D eigenvalue weighted by atomic mass is 10.2. The van der Waals surface area contributed by atoms with Gasteiger partial charge in [-0.15, -0.1) is 23.1 Å². The van der Waals surface area contributed by atoms with Crippen molar-refractivity contribution in [2.45, 2.75) is 25.0 Å². The van der Waals surface area contributed by atoms with Gasteiger partial charge in [-0.3, -0.25) is 4.79 Å². The van der Waals surface area contributed by atoms with Gasteiger partial charge in [0.15, 0.2) is 0 Å². The SMILES string of the molecule is CCOC(=O)c1sc(SC)c(NC(C)=O)c1C. The summed E-state index contributed by atoms with van der Waals surface area (Å²) in [5.41, 5.74) is 1.49. The highest BCUT2D eigenvalue weighted by molar-refractivity contribution is 8.00. The number of anilines is 1. The summed E-state index contributed by atoms with van der Waals surface area (Å²) in [6.07, 6.45) is 1.91. The number of ether oxygens (including phenoxy) is 1. The van der Waals surface area contributed by atoms with Gasteiger partial charge in [0, 0.05) is 6.92 Å². The van der Waals surface area contributed by atoms with Gasteiger partial charge in [-0.2, -0.15) is 0 Å². The fourth-order valence-corrected chi connectivity index (χ4v) is 3.22. The van der Waals surface area contributed by atoms with Crippen LogP contribution in [0.2, 0.25) is 0 Å². The summed E-state index contributed by atoms with van der Waals surface area (Å²) in [7, 11) is 0. The molecule has 1 N–H and O–H groups in total. The third-order valence-electron chi connectivity index (χ3n) is 2.06. The highest BCUT2D eigenvalue weighted by Crippen LogP contribution is 2.39. The average molecular weight is 273 g/mol.